The number of aromatic nitrogens is 3. The molecule has 0 aliphatic carbocycles. The van der Waals surface area contributed by atoms with Crippen LogP contribution in [0.15, 0.2) is 30.6 Å². The fourth-order valence-electron chi connectivity index (χ4n) is 2.12. The molecule has 2 rings (SSSR count). The third-order valence-electron chi connectivity index (χ3n) is 3.27. The Morgan fingerprint density at radius 1 is 1.27 bits per heavy atom. The Labute approximate surface area is 130 Å². The molecule has 116 valence electrons. The van der Waals surface area contributed by atoms with E-state index in [-0.39, 0.29) is 17.9 Å². The summed E-state index contributed by atoms with van der Waals surface area (Å²) < 4.78 is 0. The number of rotatable bonds is 5. The van der Waals surface area contributed by atoms with E-state index in [0.29, 0.717) is 11.6 Å². The Morgan fingerprint density at radius 3 is 2.64 bits per heavy atom. The molecule has 0 fully saturated rings. The zero-order chi connectivity index (χ0) is 16.1. The molecule has 6 heteroatoms. The van der Waals surface area contributed by atoms with Gasteiger partial charge in [-0.1, -0.05) is 13.8 Å². The molecular formula is C16H21N5O. The van der Waals surface area contributed by atoms with E-state index in [1.165, 1.54) is 0 Å². The SMILES string of the molecule is CNC(=O)C(Nc1cc(C)nc(-c2cccnc2)n1)C(C)C. The summed E-state index contributed by atoms with van der Waals surface area (Å²) in [5, 5.41) is 5.87. The fourth-order valence-corrected chi connectivity index (χ4v) is 2.12. The number of carbonyl (C=O) groups is 1. The van der Waals surface area contributed by atoms with Crippen molar-refractivity contribution in [3.63, 3.8) is 0 Å². The van der Waals surface area contributed by atoms with Crippen molar-refractivity contribution in [3.8, 4) is 11.4 Å². The summed E-state index contributed by atoms with van der Waals surface area (Å²) in [7, 11) is 1.63. The van der Waals surface area contributed by atoms with E-state index in [4.69, 9.17) is 0 Å². The molecule has 1 amide bonds. The number of hydrogen-bond acceptors (Lipinski definition) is 5. The van der Waals surface area contributed by atoms with Gasteiger partial charge in [-0.15, -0.1) is 0 Å². The zero-order valence-electron chi connectivity index (χ0n) is 13.3. The highest BCUT2D eigenvalue weighted by Gasteiger charge is 2.21. The second-order valence-electron chi connectivity index (χ2n) is 5.44. The number of carbonyl (C=O) groups excluding carboxylic acids is 1. The first-order chi connectivity index (χ1) is 10.5. The summed E-state index contributed by atoms with van der Waals surface area (Å²) in [6.45, 7) is 5.88. The van der Waals surface area contributed by atoms with Gasteiger partial charge in [-0.25, -0.2) is 9.97 Å². The summed E-state index contributed by atoms with van der Waals surface area (Å²) in [5.41, 5.74) is 1.67. The van der Waals surface area contributed by atoms with E-state index in [1.54, 1.807) is 19.4 Å². The summed E-state index contributed by atoms with van der Waals surface area (Å²) in [5.74, 6) is 1.30. The Balaban J connectivity index is 2.32. The normalized spacial score (nSPS) is 12.0. The second-order valence-corrected chi connectivity index (χ2v) is 5.44. The number of pyridine rings is 1. The molecule has 0 aliphatic rings. The van der Waals surface area contributed by atoms with Crippen LogP contribution in [0.5, 0.6) is 0 Å². The summed E-state index contributed by atoms with van der Waals surface area (Å²) >= 11 is 0. The lowest BCUT2D eigenvalue weighted by Crippen LogP contribution is -2.41. The Morgan fingerprint density at radius 2 is 2.05 bits per heavy atom. The topological polar surface area (TPSA) is 79.8 Å². The maximum atomic E-state index is 12.0. The smallest absolute Gasteiger partial charge is 0.242 e. The van der Waals surface area contributed by atoms with Crippen molar-refractivity contribution >= 4 is 11.7 Å². The van der Waals surface area contributed by atoms with Crippen LogP contribution in [0.1, 0.15) is 19.5 Å². The molecule has 1 unspecified atom stereocenters. The first-order valence-corrected chi connectivity index (χ1v) is 7.25. The molecule has 0 aliphatic heterocycles. The largest absolute Gasteiger partial charge is 0.358 e. The molecule has 2 heterocycles. The molecule has 22 heavy (non-hydrogen) atoms. The molecular weight excluding hydrogens is 278 g/mol. The van der Waals surface area contributed by atoms with Crippen molar-refractivity contribution < 1.29 is 4.79 Å². The van der Waals surface area contributed by atoms with E-state index in [9.17, 15) is 4.79 Å². The molecule has 6 nitrogen and oxygen atoms in total. The van der Waals surface area contributed by atoms with Crippen molar-refractivity contribution in [1.82, 2.24) is 20.3 Å². The fraction of sp³-hybridized carbons (Fsp3) is 0.375. The molecule has 0 radical (unpaired) electrons. The third-order valence-corrected chi connectivity index (χ3v) is 3.27. The quantitative estimate of drug-likeness (QED) is 0.883. The lowest BCUT2D eigenvalue weighted by atomic mass is 10.0. The van der Waals surface area contributed by atoms with Gasteiger partial charge in [0.05, 0.1) is 0 Å². The van der Waals surface area contributed by atoms with E-state index >= 15 is 0 Å². The predicted molar refractivity (Wildman–Crippen MR) is 86.3 cm³/mol. The van der Waals surface area contributed by atoms with Gasteiger partial charge in [-0.3, -0.25) is 9.78 Å². The lowest BCUT2D eigenvalue weighted by Gasteiger charge is -2.21. The number of hydrogen-bond donors (Lipinski definition) is 2. The number of nitrogens with one attached hydrogen (secondary N) is 2. The van der Waals surface area contributed by atoms with Gasteiger partial charge < -0.3 is 10.6 Å². The van der Waals surface area contributed by atoms with Crippen LogP contribution >= 0.6 is 0 Å². The van der Waals surface area contributed by atoms with Crippen molar-refractivity contribution in [1.29, 1.82) is 0 Å². The maximum Gasteiger partial charge on any atom is 0.242 e. The Kier molecular flexibility index (Phi) is 5.04. The van der Waals surface area contributed by atoms with Gasteiger partial charge in [0.1, 0.15) is 11.9 Å². The summed E-state index contributed by atoms with van der Waals surface area (Å²) in [4.78, 5) is 25.0. The third kappa shape index (κ3) is 3.78. The first-order valence-electron chi connectivity index (χ1n) is 7.25. The van der Waals surface area contributed by atoms with Crippen molar-refractivity contribution in [2.75, 3.05) is 12.4 Å². The molecule has 0 saturated heterocycles. The number of amides is 1. The van der Waals surface area contributed by atoms with Gasteiger partial charge in [0.15, 0.2) is 5.82 Å². The van der Waals surface area contributed by atoms with Gasteiger partial charge in [-0.05, 0) is 25.0 Å². The molecule has 2 aromatic rings. The van der Waals surface area contributed by atoms with Gasteiger partial charge >= 0.3 is 0 Å². The van der Waals surface area contributed by atoms with Crippen LogP contribution in [0.25, 0.3) is 11.4 Å². The van der Waals surface area contributed by atoms with Crippen LogP contribution < -0.4 is 10.6 Å². The van der Waals surface area contributed by atoms with Crippen LogP contribution in [-0.4, -0.2) is 33.9 Å². The van der Waals surface area contributed by atoms with Gasteiger partial charge in [0.2, 0.25) is 5.91 Å². The second kappa shape index (κ2) is 6.98. The highest BCUT2D eigenvalue weighted by atomic mass is 16.2. The Bertz CT molecular complexity index is 642. The van der Waals surface area contributed by atoms with Crippen LogP contribution in [0.4, 0.5) is 5.82 Å². The van der Waals surface area contributed by atoms with Crippen molar-refractivity contribution in [3.05, 3.63) is 36.3 Å². The van der Waals surface area contributed by atoms with Crippen LogP contribution in [0.3, 0.4) is 0 Å². The Hall–Kier alpha value is -2.50. The molecule has 2 N–H and O–H groups in total. The number of nitrogens with zero attached hydrogens (tertiary/aromatic N) is 3. The van der Waals surface area contributed by atoms with Gasteiger partial charge in [-0.2, -0.15) is 0 Å². The zero-order valence-corrected chi connectivity index (χ0v) is 13.3. The molecule has 0 bridgehead atoms. The van der Waals surface area contributed by atoms with Crippen molar-refractivity contribution in [2.24, 2.45) is 5.92 Å². The van der Waals surface area contributed by atoms with E-state index < -0.39 is 0 Å². The molecule has 1 atom stereocenters. The summed E-state index contributed by atoms with van der Waals surface area (Å²) in [6.07, 6.45) is 3.43. The van der Waals surface area contributed by atoms with E-state index in [2.05, 4.69) is 25.6 Å². The van der Waals surface area contributed by atoms with Gasteiger partial charge in [0, 0.05) is 36.8 Å². The molecule has 0 spiro atoms. The lowest BCUT2D eigenvalue weighted by molar-refractivity contribution is -0.122. The van der Waals surface area contributed by atoms with Crippen LogP contribution in [0, 0.1) is 12.8 Å². The average molecular weight is 299 g/mol. The molecule has 2 aromatic heterocycles. The van der Waals surface area contributed by atoms with Crippen molar-refractivity contribution in [2.45, 2.75) is 26.8 Å². The minimum atomic E-state index is -0.346. The summed E-state index contributed by atoms with van der Waals surface area (Å²) in [6, 6.07) is 5.24. The van der Waals surface area contributed by atoms with Crippen LogP contribution in [-0.2, 0) is 4.79 Å². The standard InChI is InChI=1S/C16H21N5O/c1-10(2)14(16(22)17-4)20-13-8-11(3)19-15(21-13)12-6-5-7-18-9-12/h5-10,14H,1-4H3,(H,17,22)(H,19,20,21). The number of aryl methyl sites for hydroxylation is 1. The van der Waals surface area contributed by atoms with E-state index in [0.717, 1.165) is 11.3 Å². The monoisotopic (exact) mass is 299 g/mol. The minimum absolute atomic E-state index is 0.0609. The highest BCUT2D eigenvalue weighted by Crippen LogP contribution is 2.18. The van der Waals surface area contributed by atoms with Gasteiger partial charge in [0.25, 0.3) is 0 Å². The highest BCUT2D eigenvalue weighted by molar-refractivity contribution is 5.84. The minimum Gasteiger partial charge on any atom is -0.358 e. The maximum absolute atomic E-state index is 12.0. The molecule has 0 saturated carbocycles. The van der Waals surface area contributed by atoms with Crippen LogP contribution in [0.2, 0.25) is 0 Å². The number of likely N-dealkylation sites (N-methyl/N-ethyl adjacent to an activating group) is 1. The number of anilines is 1. The molecule has 0 aromatic carbocycles. The predicted octanol–water partition coefficient (Wildman–Crippen LogP) is 2.03. The average Bonchev–Trinajstić information content (AvgIpc) is 2.52. The first kappa shape index (κ1) is 15.9. The van der Waals surface area contributed by atoms with E-state index in [1.807, 2.05) is 39.0 Å².